The van der Waals surface area contributed by atoms with E-state index in [0.717, 1.165) is 18.4 Å². The summed E-state index contributed by atoms with van der Waals surface area (Å²) in [4.78, 5) is 25.3. The smallest absolute Gasteiger partial charge is 0.252 e. The lowest BCUT2D eigenvalue weighted by molar-refractivity contribution is 0.0999. The van der Waals surface area contributed by atoms with Crippen molar-refractivity contribution in [3.05, 3.63) is 27.0 Å². The van der Waals surface area contributed by atoms with Crippen LogP contribution in [-0.4, -0.2) is 10.9 Å². The third kappa shape index (κ3) is 1.49. The molecule has 15 heavy (non-hydrogen) atoms. The van der Waals surface area contributed by atoms with E-state index in [1.165, 1.54) is 0 Å². The standard InChI is InChI=1S/C10H13N3O2/c11-8-7(9(12)14)5-3-1-2-4-6(5)10(15)13-8/h1-4H2,(H2,12,14)(H3,11,13,15). The number of pyridine rings is 1. The Balaban J connectivity index is 2.74. The van der Waals surface area contributed by atoms with Crippen molar-refractivity contribution < 1.29 is 4.79 Å². The third-order valence-electron chi connectivity index (χ3n) is 2.81. The summed E-state index contributed by atoms with van der Waals surface area (Å²) in [5.74, 6) is -0.477. The molecule has 2 rings (SSSR count). The summed E-state index contributed by atoms with van der Waals surface area (Å²) in [5, 5.41) is 0. The predicted octanol–water partition coefficient (Wildman–Crippen LogP) is -0.0652. The first-order valence-electron chi connectivity index (χ1n) is 4.94. The molecule has 0 unspecified atom stereocenters. The second kappa shape index (κ2) is 3.42. The number of hydrogen-bond donors (Lipinski definition) is 3. The molecule has 0 saturated carbocycles. The average Bonchev–Trinajstić information content (AvgIpc) is 2.17. The topological polar surface area (TPSA) is 102 Å². The molecule has 5 nitrogen and oxygen atoms in total. The van der Waals surface area contributed by atoms with Crippen LogP contribution in [0.5, 0.6) is 0 Å². The number of carbonyl (C=O) groups is 1. The monoisotopic (exact) mass is 207 g/mol. The number of aromatic nitrogens is 1. The molecular formula is C10H13N3O2. The van der Waals surface area contributed by atoms with Crippen LogP contribution >= 0.6 is 0 Å². The van der Waals surface area contributed by atoms with E-state index in [4.69, 9.17) is 11.5 Å². The van der Waals surface area contributed by atoms with Gasteiger partial charge < -0.3 is 16.5 Å². The van der Waals surface area contributed by atoms with Crippen molar-refractivity contribution in [2.45, 2.75) is 25.7 Å². The SMILES string of the molecule is NC(=O)c1c(N)[nH]c(=O)c2c1CCCC2. The first kappa shape index (κ1) is 9.76. The first-order valence-corrected chi connectivity index (χ1v) is 4.94. The molecule has 0 atom stereocenters. The quantitative estimate of drug-likeness (QED) is 0.600. The van der Waals surface area contributed by atoms with E-state index < -0.39 is 5.91 Å². The van der Waals surface area contributed by atoms with Crippen molar-refractivity contribution in [3.8, 4) is 0 Å². The number of rotatable bonds is 1. The fourth-order valence-electron chi connectivity index (χ4n) is 2.14. The van der Waals surface area contributed by atoms with Crippen LogP contribution < -0.4 is 17.0 Å². The Morgan fingerprint density at radius 2 is 1.80 bits per heavy atom. The van der Waals surface area contributed by atoms with Crippen molar-refractivity contribution >= 4 is 11.7 Å². The maximum atomic E-state index is 11.6. The molecule has 1 heterocycles. The number of hydrogen-bond acceptors (Lipinski definition) is 3. The highest BCUT2D eigenvalue weighted by Gasteiger charge is 2.21. The molecule has 1 aromatic heterocycles. The number of nitrogens with one attached hydrogen (secondary N) is 1. The van der Waals surface area contributed by atoms with Crippen LogP contribution in [0, 0.1) is 0 Å². The van der Waals surface area contributed by atoms with Gasteiger partial charge in [0.25, 0.3) is 11.5 Å². The summed E-state index contributed by atoms with van der Waals surface area (Å²) < 4.78 is 0. The van der Waals surface area contributed by atoms with E-state index in [-0.39, 0.29) is 11.4 Å². The zero-order chi connectivity index (χ0) is 11.0. The van der Waals surface area contributed by atoms with Gasteiger partial charge in [-0.15, -0.1) is 0 Å². The highest BCUT2D eigenvalue weighted by atomic mass is 16.1. The minimum absolute atomic E-state index is 0.0909. The van der Waals surface area contributed by atoms with Gasteiger partial charge in [0.2, 0.25) is 0 Å². The highest BCUT2D eigenvalue weighted by Crippen LogP contribution is 2.23. The summed E-state index contributed by atoms with van der Waals surface area (Å²) in [7, 11) is 0. The normalized spacial score (nSPS) is 14.7. The third-order valence-corrected chi connectivity index (χ3v) is 2.81. The molecule has 1 aliphatic carbocycles. The summed E-state index contributed by atoms with van der Waals surface area (Å²) >= 11 is 0. The Hall–Kier alpha value is -1.78. The van der Waals surface area contributed by atoms with Gasteiger partial charge in [0, 0.05) is 5.56 Å². The summed E-state index contributed by atoms with van der Waals surface area (Å²) in [6.07, 6.45) is 3.35. The lowest BCUT2D eigenvalue weighted by atomic mass is 9.89. The highest BCUT2D eigenvalue weighted by molar-refractivity contribution is 5.99. The number of primary amides is 1. The number of fused-ring (bicyclic) bond motifs is 1. The van der Waals surface area contributed by atoms with E-state index >= 15 is 0 Å². The molecule has 1 aliphatic rings. The Kier molecular flexibility index (Phi) is 2.22. The Labute approximate surface area is 86.5 Å². The number of H-pyrrole nitrogens is 1. The molecule has 0 radical (unpaired) electrons. The van der Waals surface area contributed by atoms with Crippen molar-refractivity contribution in [2.75, 3.05) is 5.73 Å². The van der Waals surface area contributed by atoms with Crippen LogP contribution in [0.1, 0.15) is 34.3 Å². The number of carbonyl (C=O) groups excluding carboxylic acids is 1. The zero-order valence-electron chi connectivity index (χ0n) is 8.30. The first-order chi connectivity index (χ1) is 7.11. The lowest BCUT2D eigenvalue weighted by Crippen LogP contribution is -2.27. The number of aromatic amines is 1. The van der Waals surface area contributed by atoms with Gasteiger partial charge in [0.1, 0.15) is 5.82 Å². The van der Waals surface area contributed by atoms with E-state index in [1.807, 2.05) is 0 Å². The Bertz CT molecular complexity index is 476. The van der Waals surface area contributed by atoms with Crippen LogP contribution in [0.2, 0.25) is 0 Å². The lowest BCUT2D eigenvalue weighted by Gasteiger charge is -2.18. The van der Waals surface area contributed by atoms with Gasteiger partial charge in [-0.1, -0.05) is 0 Å². The minimum atomic E-state index is -0.568. The van der Waals surface area contributed by atoms with Crippen LogP contribution in [-0.2, 0) is 12.8 Å². The Morgan fingerprint density at radius 3 is 2.40 bits per heavy atom. The van der Waals surface area contributed by atoms with Crippen LogP contribution in [0.15, 0.2) is 4.79 Å². The minimum Gasteiger partial charge on any atom is -0.385 e. The van der Waals surface area contributed by atoms with Crippen molar-refractivity contribution in [2.24, 2.45) is 5.73 Å². The number of anilines is 1. The number of nitrogens with two attached hydrogens (primary N) is 2. The summed E-state index contributed by atoms with van der Waals surface area (Å²) in [6, 6.07) is 0. The molecule has 0 saturated heterocycles. The van der Waals surface area contributed by atoms with Gasteiger partial charge >= 0.3 is 0 Å². The largest absolute Gasteiger partial charge is 0.385 e. The number of nitrogen functional groups attached to an aromatic ring is 1. The summed E-state index contributed by atoms with van der Waals surface area (Å²) in [6.45, 7) is 0. The molecule has 0 spiro atoms. The average molecular weight is 207 g/mol. The van der Waals surface area contributed by atoms with Crippen molar-refractivity contribution in [3.63, 3.8) is 0 Å². The maximum Gasteiger partial charge on any atom is 0.252 e. The fraction of sp³-hybridized carbons (Fsp3) is 0.400. The zero-order valence-corrected chi connectivity index (χ0v) is 8.30. The van der Waals surface area contributed by atoms with E-state index in [0.29, 0.717) is 24.0 Å². The molecule has 80 valence electrons. The molecule has 5 heteroatoms. The maximum absolute atomic E-state index is 11.6. The second-order valence-electron chi connectivity index (χ2n) is 3.77. The molecule has 0 fully saturated rings. The molecule has 1 amide bonds. The van der Waals surface area contributed by atoms with E-state index in [1.54, 1.807) is 0 Å². The van der Waals surface area contributed by atoms with Gasteiger partial charge in [-0.05, 0) is 31.2 Å². The van der Waals surface area contributed by atoms with E-state index in [2.05, 4.69) is 4.98 Å². The molecule has 5 N–H and O–H groups in total. The van der Waals surface area contributed by atoms with E-state index in [9.17, 15) is 9.59 Å². The Morgan fingerprint density at radius 1 is 1.20 bits per heavy atom. The van der Waals surface area contributed by atoms with Crippen molar-refractivity contribution in [1.29, 1.82) is 0 Å². The summed E-state index contributed by atoms with van der Waals surface area (Å²) in [5.41, 5.74) is 12.4. The molecular weight excluding hydrogens is 194 g/mol. The molecule has 0 bridgehead atoms. The number of amides is 1. The van der Waals surface area contributed by atoms with Crippen LogP contribution in [0.25, 0.3) is 0 Å². The van der Waals surface area contributed by atoms with Crippen molar-refractivity contribution in [1.82, 2.24) is 4.98 Å². The second-order valence-corrected chi connectivity index (χ2v) is 3.77. The predicted molar refractivity (Wildman–Crippen MR) is 56.6 cm³/mol. The molecule has 1 aromatic rings. The molecule has 0 aliphatic heterocycles. The molecule has 0 aromatic carbocycles. The van der Waals surface area contributed by atoms with Gasteiger partial charge in [0.15, 0.2) is 0 Å². The van der Waals surface area contributed by atoms with Gasteiger partial charge in [0.05, 0.1) is 5.56 Å². The van der Waals surface area contributed by atoms with Gasteiger partial charge in [-0.25, -0.2) is 0 Å². The van der Waals surface area contributed by atoms with Gasteiger partial charge in [-0.2, -0.15) is 0 Å². The van der Waals surface area contributed by atoms with Gasteiger partial charge in [-0.3, -0.25) is 9.59 Å². The van der Waals surface area contributed by atoms with Crippen LogP contribution in [0.3, 0.4) is 0 Å². The van der Waals surface area contributed by atoms with Crippen LogP contribution in [0.4, 0.5) is 5.82 Å². The fourth-order valence-corrected chi connectivity index (χ4v) is 2.14.